The number of hydrogen-bond donors (Lipinski definition) is 4. The number of rotatable bonds is 6. The van der Waals surface area contributed by atoms with Crippen molar-refractivity contribution in [3.05, 3.63) is 42.4 Å². The number of para-hydroxylation sites is 1. The van der Waals surface area contributed by atoms with Gasteiger partial charge in [-0.15, -0.1) is 0 Å². The molecule has 31 heavy (non-hydrogen) atoms. The van der Waals surface area contributed by atoms with Gasteiger partial charge in [0.25, 0.3) is 0 Å². The Kier molecular flexibility index (Phi) is 4.97. The lowest BCUT2D eigenvalue weighted by atomic mass is 10.1. The van der Waals surface area contributed by atoms with Gasteiger partial charge < -0.3 is 30.4 Å². The van der Waals surface area contributed by atoms with Gasteiger partial charge in [0.15, 0.2) is 23.2 Å². The maximum atomic E-state index is 10.4. The van der Waals surface area contributed by atoms with Gasteiger partial charge in [-0.25, -0.2) is 4.98 Å². The summed E-state index contributed by atoms with van der Waals surface area (Å²) in [5.74, 6) is 0.172. The van der Waals surface area contributed by atoms with Crippen molar-refractivity contribution < 1.29 is 19.7 Å². The molecule has 5 N–H and O–H groups in total. The summed E-state index contributed by atoms with van der Waals surface area (Å²) >= 11 is 0. The molecule has 10 nitrogen and oxygen atoms in total. The number of aliphatic hydroxyl groups excluding tert-OH is 2. The minimum absolute atomic E-state index is 0.117. The molecule has 10 heteroatoms. The van der Waals surface area contributed by atoms with Crippen LogP contribution < -0.4 is 10.5 Å². The second-order valence-corrected chi connectivity index (χ2v) is 7.63. The Bertz CT molecular complexity index is 1220. The highest BCUT2D eigenvalue weighted by Gasteiger charge is 2.43. The molecule has 1 aliphatic heterocycles. The quantitative estimate of drug-likeness (QED) is 0.365. The second-order valence-electron chi connectivity index (χ2n) is 7.63. The first-order valence-corrected chi connectivity index (χ1v) is 10.3. The van der Waals surface area contributed by atoms with Gasteiger partial charge in [0.05, 0.1) is 19.0 Å². The minimum Gasteiger partial charge on any atom is -0.463 e. The van der Waals surface area contributed by atoms with Crippen LogP contribution in [0.15, 0.2) is 36.8 Å². The fraction of sp³-hybridized carbons (Fsp3) is 0.381. The Balaban J connectivity index is 1.37. The highest BCUT2D eigenvalue weighted by molar-refractivity contribution is 5.83. The zero-order chi connectivity index (χ0) is 21.5. The monoisotopic (exact) mass is 424 g/mol. The molecular weight excluding hydrogens is 400 g/mol. The SMILES string of the molecule is CC[C@H]1O[C@@H](n2cnc3c(N)nc(OCCc4c[nH]c5ccccc45)nc32)[C@H](O)[C@@H]1O. The van der Waals surface area contributed by atoms with Gasteiger partial charge in [-0.3, -0.25) is 4.57 Å². The van der Waals surface area contributed by atoms with Gasteiger partial charge in [-0.05, 0) is 18.1 Å². The van der Waals surface area contributed by atoms with Gasteiger partial charge in [-0.1, -0.05) is 25.1 Å². The predicted octanol–water partition coefficient (Wildman–Crippen LogP) is 1.54. The Labute approximate surface area is 177 Å². The zero-order valence-electron chi connectivity index (χ0n) is 17.0. The van der Waals surface area contributed by atoms with Gasteiger partial charge in [0.2, 0.25) is 0 Å². The highest BCUT2D eigenvalue weighted by atomic mass is 16.6. The molecular formula is C21H24N6O4. The Morgan fingerprint density at radius 1 is 1.23 bits per heavy atom. The fourth-order valence-corrected chi connectivity index (χ4v) is 4.06. The molecule has 0 spiro atoms. The molecule has 5 rings (SSSR count). The topological polar surface area (TPSA) is 144 Å². The third kappa shape index (κ3) is 3.38. The molecule has 0 unspecified atom stereocenters. The largest absolute Gasteiger partial charge is 0.463 e. The zero-order valence-corrected chi connectivity index (χ0v) is 17.0. The lowest BCUT2D eigenvalue weighted by Gasteiger charge is -2.16. The minimum atomic E-state index is -1.11. The summed E-state index contributed by atoms with van der Waals surface area (Å²) in [4.78, 5) is 16.1. The molecule has 3 aromatic heterocycles. The van der Waals surface area contributed by atoms with Crippen molar-refractivity contribution in [2.24, 2.45) is 0 Å². The molecule has 162 valence electrons. The van der Waals surface area contributed by atoms with Crippen LogP contribution in [0.1, 0.15) is 25.1 Å². The fourth-order valence-electron chi connectivity index (χ4n) is 4.06. The van der Waals surface area contributed by atoms with Crippen LogP contribution >= 0.6 is 0 Å². The van der Waals surface area contributed by atoms with Crippen LogP contribution in [-0.2, 0) is 11.2 Å². The number of hydrogen-bond acceptors (Lipinski definition) is 8. The number of fused-ring (bicyclic) bond motifs is 2. The molecule has 1 aliphatic rings. The second kappa shape index (κ2) is 7.80. The molecule has 1 aromatic carbocycles. The van der Waals surface area contributed by atoms with E-state index in [4.69, 9.17) is 15.2 Å². The van der Waals surface area contributed by atoms with E-state index in [9.17, 15) is 10.2 Å². The maximum absolute atomic E-state index is 10.4. The molecule has 4 aromatic rings. The molecule has 0 amide bonds. The van der Waals surface area contributed by atoms with E-state index in [0.29, 0.717) is 30.6 Å². The van der Waals surface area contributed by atoms with Gasteiger partial charge >= 0.3 is 6.01 Å². The van der Waals surface area contributed by atoms with E-state index in [1.165, 1.54) is 6.33 Å². The van der Waals surface area contributed by atoms with E-state index in [0.717, 1.165) is 16.5 Å². The van der Waals surface area contributed by atoms with E-state index in [1.54, 1.807) is 4.57 Å². The number of aromatic amines is 1. The standard InChI is InChI=1S/C21H24N6O4/c1-2-14-16(28)17(29)20(31-14)27-10-24-15-18(22)25-21(26-19(15)27)30-8-7-11-9-23-13-6-4-3-5-12(11)13/h3-6,9-10,14,16-17,20,23,28-29H,2,7-8H2,1H3,(H2,22,25,26)/t14-,16-,17-,20-/m1/s1. The molecule has 4 atom stereocenters. The Hall–Kier alpha value is -3.21. The number of nitrogen functional groups attached to an aromatic ring is 1. The van der Waals surface area contributed by atoms with Crippen LogP contribution in [0.5, 0.6) is 6.01 Å². The van der Waals surface area contributed by atoms with E-state index < -0.39 is 24.5 Å². The lowest BCUT2D eigenvalue weighted by Crippen LogP contribution is -2.31. The normalized spacial score (nSPS) is 23.7. The van der Waals surface area contributed by atoms with Crippen molar-refractivity contribution >= 4 is 27.9 Å². The van der Waals surface area contributed by atoms with Crippen molar-refractivity contribution in [2.75, 3.05) is 12.3 Å². The average Bonchev–Trinajstić information content (AvgIpc) is 3.45. The van der Waals surface area contributed by atoms with Crippen LogP contribution in [0, 0.1) is 0 Å². The number of anilines is 1. The van der Waals surface area contributed by atoms with E-state index >= 15 is 0 Å². The van der Waals surface area contributed by atoms with E-state index in [-0.39, 0.29) is 11.8 Å². The summed E-state index contributed by atoms with van der Waals surface area (Å²) in [6, 6.07) is 8.19. The Morgan fingerprint density at radius 2 is 2.06 bits per heavy atom. The number of nitrogens with one attached hydrogen (secondary N) is 1. The van der Waals surface area contributed by atoms with Gasteiger partial charge in [0.1, 0.15) is 12.2 Å². The summed E-state index contributed by atoms with van der Waals surface area (Å²) in [5.41, 5.74) is 9.03. The predicted molar refractivity (Wildman–Crippen MR) is 113 cm³/mol. The number of benzene rings is 1. The molecule has 0 radical (unpaired) electrons. The molecule has 4 heterocycles. The van der Waals surface area contributed by atoms with Crippen molar-refractivity contribution in [1.82, 2.24) is 24.5 Å². The van der Waals surface area contributed by atoms with Crippen LogP contribution in [-0.4, -0.2) is 59.6 Å². The Morgan fingerprint density at radius 3 is 2.87 bits per heavy atom. The number of aliphatic hydroxyl groups is 2. The maximum Gasteiger partial charge on any atom is 0.320 e. The van der Waals surface area contributed by atoms with Crippen LogP contribution in [0.2, 0.25) is 0 Å². The summed E-state index contributed by atoms with van der Waals surface area (Å²) in [7, 11) is 0. The molecule has 0 saturated carbocycles. The summed E-state index contributed by atoms with van der Waals surface area (Å²) in [6.07, 6.45) is 1.30. The van der Waals surface area contributed by atoms with Crippen LogP contribution in [0.4, 0.5) is 5.82 Å². The number of H-pyrrole nitrogens is 1. The first kappa shape index (κ1) is 19.7. The third-order valence-corrected chi connectivity index (χ3v) is 5.72. The van der Waals surface area contributed by atoms with Crippen LogP contribution in [0.25, 0.3) is 22.1 Å². The molecule has 0 bridgehead atoms. The van der Waals surface area contributed by atoms with Crippen LogP contribution in [0.3, 0.4) is 0 Å². The summed E-state index contributed by atoms with van der Waals surface area (Å²) in [6.45, 7) is 2.24. The first-order chi connectivity index (χ1) is 15.1. The van der Waals surface area contributed by atoms with E-state index in [1.807, 2.05) is 31.3 Å². The number of aromatic nitrogens is 5. The van der Waals surface area contributed by atoms with Crippen molar-refractivity contribution in [1.29, 1.82) is 0 Å². The number of nitrogens with zero attached hydrogens (tertiary/aromatic N) is 4. The van der Waals surface area contributed by atoms with Crippen molar-refractivity contribution in [3.63, 3.8) is 0 Å². The lowest BCUT2D eigenvalue weighted by molar-refractivity contribution is -0.0356. The van der Waals surface area contributed by atoms with Crippen molar-refractivity contribution in [3.8, 4) is 6.01 Å². The molecule has 1 fully saturated rings. The number of imidazole rings is 1. The smallest absolute Gasteiger partial charge is 0.320 e. The molecule has 0 aliphatic carbocycles. The first-order valence-electron chi connectivity index (χ1n) is 10.3. The average molecular weight is 424 g/mol. The van der Waals surface area contributed by atoms with E-state index in [2.05, 4.69) is 26.0 Å². The molecule has 1 saturated heterocycles. The third-order valence-electron chi connectivity index (χ3n) is 5.72. The number of nitrogens with two attached hydrogens (primary N) is 1. The van der Waals surface area contributed by atoms with Crippen molar-refractivity contribution in [2.45, 2.75) is 44.3 Å². The highest BCUT2D eigenvalue weighted by Crippen LogP contribution is 2.33. The number of ether oxygens (including phenoxy) is 2. The van der Waals surface area contributed by atoms with Gasteiger partial charge in [-0.2, -0.15) is 9.97 Å². The summed E-state index contributed by atoms with van der Waals surface area (Å²) < 4.78 is 13.2. The summed E-state index contributed by atoms with van der Waals surface area (Å²) in [5, 5.41) is 21.8. The van der Waals surface area contributed by atoms with Gasteiger partial charge in [0, 0.05) is 23.5 Å².